The molecule has 0 saturated heterocycles. The minimum atomic E-state index is 0.0614. The number of rotatable bonds is 8. The zero-order valence-electron chi connectivity index (χ0n) is 17.4. The van der Waals surface area contributed by atoms with E-state index in [1.165, 1.54) is 30.4 Å². The molecular formula is C24H30O5. The average Bonchev–Trinajstić information content (AvgIpc) is 3.21. The number of hydrogen-bond acceptors (Lipinski definition) is 5. The Bertz CT molecular complexity index is 803. The summed E-state index contributed by atoms with van der Waals surface area (Å²) in [5.74, 6) is 4.31. The maximum atomic E-state index is 6.55. The molecule has 1 saturated carbocycles. The third-order valence-corrected chi connectivity index (χ3v) is 6.21. The summed E-state index contributed by atoms with van der Waals surface area (Å²) in [5, 5.41) is 0. The smallest absolute Gasteiger partial charge is 0.188 e. The summed E-state index contributed by atoms with van der Waals surface area (Å²) in [7, 11) is 3.26. The van der Waals surface area contributed by atoms with Crippen molar-refractivity contribution in [3.63, 3.8) is 0 Å². The minimum absolute atomic E-state index is 0.0614. The standard InChI is InChI=1S/C24H30O5/c1-4-16-11-20-21-13-19(28-15-26-3)9-10-23(21)29-24(22(20)12-16)17-5-7-18(8-6-17)27-14-25-2/h5-10,13,16,20,22,24H,4,11-12,14-15H2,1-3H3/t16?,20-,22?,24?/m0/s1. The summed E-state index contributed by atoms with van der Waals surface area (Å²) in [6.07, 6.45) is 3.66. The fraction of sp³-hybridized carbons (Fsp3) is 0.500. The van der Waals surface area contributed by atoms with Gasteiger partial charge in [0.25, 0.3) is 0 Å². The Balaban J connectivity index is 1.61. The van der Waals surface area contributed by atoms with Crippen LogP contribution in [0, 0.1) is 11.8 Å². The number of hydrogen-bond donors (Lipinski definition) is 0. The zero-order valence-corrected chi connectivity index (χ0v) is 17.4. The highest BCUT2D eigenvalue weighted by molar-refractivity contribution is 5.46. The van der Waals surface area contributed by atoms with Gasteiger partial charge in [-0.15, -0.1) is 0 Å². The van der Waals surface area contributed by atoms with Gasteiger partial charge in [0, 0.05) is 25.7 Å². The highest BCUT2D eigenvalue weighted by Crippen LogP contribution is 2.56. The van der Waals surface area contributed by atoms with E-state index >= 15 is 0 Å². The Labute approximate surface area is 172 Å². The van der Waals surface area contributed by atoms with Crippen molar-refractivity contribution in [3.05, 3.63) is 53.6 Å². The number of methoxy groups -OCH3 is 2. The summed E-state index contributed by atoms with van der Waals surface area (Å²) in [6.45, 7) is 2.80. The third-order valence-electron chi connectivity index (χ3n) is 6.21. The van der Waals surface area contributed by atoms with Crippen molar-refractivity contribution in [2.45, 2.75) is 38.2 Å². The predicted molar refractivity (Wildman–Crippen MR) is 111 cm³/mol. The van der Waals surface area contributed by atoms with Gasteiger partial charge in [-0.2, -0.15) is 0 Å². The lowest BCUT2D eigenvalue weighted by Crippen LogP contribution is -2.26. The summed E-state index contributed by atoms with van der Waals surface area (Å²) < 4.78 is 27.8. The van der Waals surface area contributed by atoms with Gasteiger partial charge in [-0.1, -0.05) is 25.5 Å². The predicted octanol–water partition coefficient (Wildman–Crippen LogP) is 5.31. The van der Waals surface area contributed by atoms with E-state index in [-0.39, 0.29) is 19.7 Å². The molecule has 1 fully saturated rings. The molecule has 3 unspecified atom stereocenters. The van der Waals surface area contributed by atoms with Crippen molar-refractivity contribution < 1.29 is 23.7 Å². The van der Waals surface area contributed by atoms with Crippen LogP contribution >= 0.6 is 0 Å². The number of fused-ring (bicyclic) bond motifs is 3. The van der Waals surface area contributed by atoms with Crippen LogP contribution in [0.1, 0.15) is 49.3 Å². The molecular weight excluding hydrogens is 368 g/mol. The summed E-state index contributed by atoms with van der Waals surface area (Å²) >= 11 is 0. The van der Waals surface area contributed by atoms with Crippen LogP contribution in [0.5, 0.6) is 17.2 Å². The molecule has 4 atom stereocenters. The van der Waals surface area contributed by atoms with E-state index in [9.17, 15) is 0 Å². The highest BCUT2D eigenvalue weighted by Gasteiger charge is 2.45. The molecule has 2 aliphatic rings. The first-order chi connectivity index (χ1) is 14.2. The van der Waals surface area contributed by atoms with E-state index < -0.39 is 0 Å². The van der Waals surface area contributed by atoms with Crippen LogP contribution in [0.25, 0.3) is 0 Å². The molecule has 1 aliphatic heterocycles. The highest BCUT2D eigenvalue weighted by atomic mass is 16.7. The van der Waals surface area contributed by atoms with Crippen LogP contribution < -0.4 is 14.2 Å². The summed E-state index contributed by atoms with van der Waals surface area (Å²) in [6, 6.07) is 14.4. The molecule has 2 aromatic rings. The average molecular weight is 398 g/mol. The second-order valence-electron chi connectivity index (χ2n) is 7.92. The second-order valence-corrected chi connectivity index (χ2v) is 7.92. The van der Waals surface area contributed by atoms with E-state index in [0.717, 1.165) is 23.2 Å². The Hall–Kier alpha value is -2.24. The molecule has 0 spiro atoms. The fourth-order valence-electron chi connectivity index (χ4n) is 4.77. The van der Waals surface area contributed by atoms with Gasteiger partial charge in [-0.05, 0) is 60.6 Å². The maximum Gasteiger partial charge on any atom is 0.188 e. The van der Waals surface area contributed by atoms with E-state index in [1.807, 2.05) is 24.3 Å². The van der Waals surface area contributed by atoms with Gasteiger partial charge in [0.05, 0.1) is 0 Å². The molecule has 0 N–H and O–H groups in total. The molecule has 0 amide bonds. The molecule has 0 aromatic heterocycles. The van der Waals surface area contributed by atoms with Crippen LogP contribution in [0.2, 0.25) is 0 Å². The quantitative estimate of drug-likeness (QED) is 0.564. The molecule has 29 heavy (non-hydrogen) atoms. The largest absolute Gasteiger partial charge is 0.485 e. The summed E-state index contributed by atoms with van der Waals surface area (Å²) in [4.78, 5) is 0. The van der Waals surface area contributed by atoms with Gasteiger partial charge >= 0.3 is 0 Å². The first-order valence-electron chi connectivity index (χ1n) is 10.4. The van der Waals surface area contributed by atoms with Crippen LogP contribution in [0.4, 0.5) is 0 Å². The van der Waals surface area contributed by atoms with Crippen molar-refractivity contribution in [2.24, 2.45) is 11.8 Å². The molecule has 156 valence electrons. The van der Waals surface area contributed by atoms with Crippen molar-refractivity contribution in [3.8, 4) is 17.2 Å². The molecule has 0 radical (unpaired) electrons. The van der Waals surface area contributed by atoms with E-state index in [4.69, 9.17) is 23.7 Å². The normalized spacial score (nSPS) is 25.1. The van der Waals surface area contributed by atoms with Crippen LogP contribution in [0.15, 0.2) is 42.5 Å². The Morgan fingerprint density at radius 2 is 1.59 bits per heavy atom. The van der Waals surface area contributed by atoms with Gasteiger partial charge in [-0.25, -0.2) is 0 Å². The lowest BCUT2D eigenvalue weighted by atomic mass is 9.80. The van der Waals surface area contributed by atoms with Crippen molar-refractivity contribution >= 4 is 0 Å². The lowest BCUT2D eigenvalue weighted by Gasteiger charge is -2.36. The van der Waals surface area contributed by atoms with Crippen molar-refractivity contribution in [1.82, 2.24) is 0 Å². The maximum absolute atomic E-state index is 6.55. The first-order valence-corrected chi connectivity index (χ1v) is 10.4. The van der Waals surface area contributed by atoms with E-state index in [2.05, 4.69) is 25.1 Å². The van der Waals surface area contributed by atoms with Gasteiger partial charge in [0.2, 0.25) is 0 Å². The Morgan fingerprint density at radius 1 is 0.897 bits per heavy atom. The topological polar surface area (TPSA) is 46.2 Å². The molecule has 5 nitrogen and oxygen atoms in total. The van der Waals surface area contributed by atoms with Crippen LogP contribution in [0.3, 0.4) is 0 Å². The van der Waals surface area contributed by atoms with E-state index in [0.29, 0.717) is 11.8 Å². The monoisotopic (exact) mass is 398 g/mol. The zero-order chi connectivity index (χ0) is 20.2. The molecule has 0 bridgehead atoms. The van der Waals surface area contributed by atoms with Crippen LogP contribution in [-0.4, -0.2) is 27.8 Å². The molecule has 5 heteroatoms. The molecule has 4 rings (SSSR count). The fourth-order valence-corrected chi connectivity index (χ4v) is 4.77. The van der Waals surface area contributed by atoms with Gasteiger partial charge in [0.1, 0.15) is 23.4 Å². The SMILES string of the molecule is CCC1CC2C(c3ccc(OCOC)cc3)Oc3ccc(OCOC)cc3[C@@H]2C1. The first kappa shape index (κ1) is 20.0. The van der Waals surface area contributed by atoms with E-state index in [1.54, 1.807) is 14.2 Å². The third kappa shape index (κ3) is 4.21. The Kier molecular flexibility index (Phi) is 6.26. The molecule has 2 aromatic carbocycles. The number of benzene rings is 2. The van der Waals surface area contributed by atoms with Gasteiger partial charge < -0.3 is 23.7 Å². The number of ether oxygens (including phenoxy) is 5. The summed E-state index contributed by atoms with van der Waals surface area (Å²) in [5.41, 5.74) is 2.47. The van der Waals surface area contributed by atoms with Gasteiger partial charge in [0.15, 0.2) is 13.6 Å². The molecule has 1 aliphatic carbocycles. The lowest BCUT2D eigenvalue weighted by molar-refractivity contribution is 0.0502. The van der Waals surface area contributed by atoms with Crippen molar-refractivity contribution in [2.75, 3.05) is 27.8 Å². The van der Waals surface area contributed by atoms with Crippen LogP contribution in [-0.2, 0) is 9.47 Å². The second kappa shape index (κ2) is 9.06. The Morgan fingerprint density at radius 3 is 2.28 bits per heavy atom. The van der Waals surface area contributed by atoms with Gasteiger partial charge in [-0.3, -0.25) is 0 Å². The molecule has 1 heterocycles. The minimum Gasteiger partial charge on any atom is -0.485 e. The van der Waals surface area contributed by atoms with Crippen molar-refractivity contribution in [1.29, 1.82) is 0 Å².